The predicted molar refractivity (Wildman–Crippen MR) is 122 cm³/mol. The number of thioether (sulfide) groups is 1. The van der Waals surface area contributed by atoms with Gasteiger partial charge in [-0.1, -0.05) is 11.8 Å². The van der Waals surface area contributed by atoms with E-state index in [0.717, 1.165) is 11.8 Å². The molecule has 2 aromatic rings. The largest absolute Gasteiger partial charge is 0.497 e. The van der Waals surface area contributed by atoms with Crippen LogP contribution >= 0.6 is 24.0 Å². The van der Waals surface area contributed by atoms with Gasteiger partial charge in [0.25, 0.3) is 5.91 Å². The first-order valence-corrected chi connectivity index (χ1v) is 9.99. The Balaban J connectivity index is 1.89. The van der Waals surface area contributed by atoms with Gasteiger partial charge in [-0.15, -0.1) is 0 Å². The Labute approximate surface area is 184 Å². The van der Waals surface area contributed by atoms with Crippen molar-refractivity contribution in [1.82, 2.24) is 5.01 Å². The zero-order valence-electron chi connectivity index (χ0n) is 16.9. The number of hydrazone groups is 1. The highest BCUT2D eigenvalue weighted by Crippen LogP contribution is 2.35. The van der Waals surface area contributed by atoms with E-state index < -0.39 is 0 Å². The predicted octanol–water partition coefficient (Wildman–Crippen LogP) is 3.96. The van der Waals surface area contributed by atoms with Gasteiger partial charge in [-0.05, 0) is 54.7 Å². The van der Waals surface area contributed by atoms with Gasteiger partial charge in [0.05, 0.1) is 39.6 Å². The van der Waals surface area contributed by atoms with Crippen molar-refractivity contribution in [2.75, 3.05) is 28.4 Å². The molecule has 1 amide bonds. The maximum atomic E-state index is 12.9. The maximum Gasteiger partial charge on any atom is 0.286 e. The second-order valence-corrected chi connectivity index (χ2v) is 7.63. The van der Waals surface area contributed by atoms with Crippen molar-refractivity contribution in [1.29, 1.82) is 0 Å². The molecule has 1 aliphatic rings. The molecule has 0 atom stereocenters. The fourth-order valence-electron chi connectivity index (χ4n) is 2.71. The summed E-state index contributed by atoms with van der Waals surface area (Å²) in [4.78, 5) is 13.3. The van der Waals surface area contributed by atoms with Crippen LogP contribution in [0.4, 0.5) is 0 Å². The first kappa shape index (κ1) is 21.7. The second kappa shape index (κ2) is 9.64. The zero-order chi connectivity index (χ0) is 21.7. The summed E-state index contributed by atoms with van der Waals surface area (Å²) in [6, 6.07) is 10.7. The number of carbonyl (C=O) groups is 1. The first-order valence-electron chi connectivity index (χ1n) is 8.76. The molecule has 0 radical (unpaired) electrons. The fraction of sp³-hybridized carbons (Fsp3) is 0.190. The summed E-state index contributed by atoms with van der Waals surface area (Å²) in [5, 5.41) is 5.45. The van der Waals surface area contributed by atoms with Crippen molar-refractivity contribution in [3.8, 4) is 23.0 Å². The second-order valence-electron chi connectivity index (χ2n) is 5.95. The summed E-state index contributed by atoms with van der Waals surface area (Å²) in [6.07, 6.45) is 3.23. The van der Waals surface area contributed by atoms with E-state index in [1.54, 1.807) is 70.9 Å². The molecule has 0 aliphatic carbocycles. The Morgan fingerprint density at radius 3 is 2.03 bits per heavy atom. The number of thiocarbonyl (C=S) groups is 1. The number of carbonyl (C=O) groups excluding carboxylic acids is 1. The number of amides is 1. The molecule has 1 fully saturated rings. The van der Waals surface area contributed by atoms with Crippen molar-refractivity contribution in [3.63, 3.8) is 0 Å². The van der Waals surface area contributed by atoms with Crippen molar-refractivity contribution < 1.29 is 23.7 Å². The summed E-state index contributed by atoms with van der Waals surface area (Å²) in [6.45, 7) is 0. The van der Waals surface area contributed by atoms with Gasteiger partial charge < -0.3 is 18.9 Å². The van der Waals surface area contributed by atoms with E-state index in [4.69, 9.17) is 31.2 Å². The normalized spacial score (nSPS) is 15.2. The van der Waals surface area contributed by atoms with Crippen molar-refractivity contribution in [2.45, 2.75) is 0 Å². The quantitative estimate of drug-likeness (QED) is 0.364. The Hall–Kier alpha value is -3.04. The van der Waals surface area contributed by atoms with Gasteiger partial charge >= 0.3 is 0 Å². The number of hydrogen-bond acceptors (Lipinski definition) is 8. The van der Waals surface area contributed by atoms with Gasteiger partial charge in [-0.3, -0.25) is 4.79 Å². The van der Waals surface area contributed by atoms with Crippen molar-refractivity contribution in [2.24, 2.45) is 5.10 Å². The molecule has 0 N–H and O–H groups in total. The van der Waals surface area contributed by atoms with Crippen molar-refractivity contribution in [3.05, 3.63) is 52.4 Å². The highest BCUT2D eigenvalue weighted by molar-refractivity contribution is 8.26. The number of nitrogens with zero attached hydrogens (tertiary/aromatic N) is 2. The number of hydrogen-bond donors (Lipinski definition) is 0. The molecule has 1 saturated heterocycles. The molecule has 0 saturated carbocycles. The molecule has 1 aliphatic heterocycles. The third-order valence-corrected chi connectivity index (χ3v) is 5.53. The third kappa shape index (κ3) is 4.58. The molecule has 3 rings (SSSR count). The minimum Gasteiger partial charge on any atom is -0.497 e. The van der Waals surface area contributed by atoms with Gasteiger partial charge in [0, 0.05) is 11.1 Å². The monoisotopic (exact) mass is 444 g/mol. The minimum absolute atomic E-state index is 0.325. The average Bonchev–Trinajstić information content (AvgIpc) is 3.04. The standard InChI is InChI=1S/C21H20N2O5S2/c1-25-15-5-7-17(27-3)13(9-15)11-19-20(24)23(21(29)30-19)22-12-14-10-16(26-2)6-8-18(14)28-4/h5-12H,1-4H3/b19-11-,22-12-. The number of rotatable bonds is 7. The Kier molecular flexibility index (Phi) is 6.96. The SMILES string of the molecule is COc1ccc(OC)c(/C=N\N2C(=O)/C(=C/c3cc(OC)ccc3OC)SC2=S)c1. The van der Waals surface area contributed by atoms with Gasteiger partial charge in [0.15, 0.2) is 4.32 Å². The van der Waals surface area contributed by atoms with E-state index in [2.05, 4.69) is 5.10 Å². The van der Waals surface area contributed by atoms with E-state index in [9.17, 15) is 4.79 Å². The van der Waals surface area contributed by atoms with Crippen LogP contribution in [0.5, 0.6) is 23.0 Å². The molecule has 7 nitrogen and oxygen atoms in total. The van der Waals surface area contributed by atoms with Crippen LogP contribution in [-0.2, 0) is 4.79 Å². The van der Waals surface area contributed by atoms with Crippen LogP contribution in [0.15, 0.2) is 46.4 Å². The molecule has 156 valence electrons. The molecule has 0 spiro atoms. The lowest BCUT2D eigenvalue weighted by molar-refractivity contribution is -0.122. The van der Waals surface area contributed by atoms with Crippen LogP contribution < -0.4 is 18.9 Å². The van der Waals surface area contributed by atoms with Gasteiger partial charge in [0.1, 0.15) is 23.0 Å². The maximum absolute atomic E-state index is 12.9. The Morgan fingerprint density at radius 2 is 1.47 bits per heavy atom. The van der Waals surface area contributed by atoms with E-state index >= 15 is 0 Å². The Morgan fingerprint density at radius 1 is 0.900 bits per heavy atom. The summed E-state index contributed by atoms with van der Waals surface area (Å²) < 4.78 is 21.5. The third-order valence-electron chi connectivity index (χ3n) is 4.25. The smallest absolute Gasteiger partial charge is 0.286 e. The molecular weight excluding hydrogens is 424 g/mol. The van der Waals surface area contributed by atoms with Crippen LogP contribution in [0.2, 0.25) is 0 Å². The topological polar surface area (TPSA) is 69.6 Å². The lowest BCUT2D eigenvalue weighted by Crippen LogP contribution is -2.22. The molecule has 2 aromatic carbocycles. The molecular formula is C21H20N2O5S2. The van der Waals surface area contributed by atoms with E-state index in [1.165, 1.54) is 11.2 Å². The molecule has 0 bridgehead atoms. The van der Waals surface area contributed by atoms with E-state index in [-0.39, 0.29) is 5.91 Å². The number of ether oxygens (including phenoxy) is 4. The van der Waals surface area contributed by atoms with Crippen LogP contribution in [-0.4, -0.2) is 49.9 Å². The van der Waals surface area contributed by atoms with Gasteiger partial charge in [-0.2, -0.15) is 10.1 Å². The highest BCUT2D eigenvalue weighted by atomic mass is 32.2. The molecule has 0 aromatic heterocycles. The summed E-state index contributed by atoms with van der Waals surface area (Å²) in [5.74, 6) is 2.19. The lowest BCUT2D eigenvalue weighted by atomic mass is 10.1. The molecule has 9 heteroatoms. The summed E-state index contributed by atoms with van der Waals surface area (Å²) in [5.41, 5.74) is 1.36. The molecule has 1 heterocycles. The summed E-state index contributed by atoms with van der Waals surface area (Å²) >= 11 is 6.51. The average molecular weight is 445 g/mol. The lowest BCUT2D eigenvalue weighted by Gasteiger charge is -2.09. The molecule has 0 unspecified atom stereocenters. The number of methoxy groups -OCH3 is 4. The van der Waals surface area contributed by atoms with E-state index in [1.807, 2.05) is 0 Å². The van der Waals surface area contributed by atoms with E-state index in [0.29, 0.717) is 43.4 Å². The first-order chi connectivity index (χ1) is 14.5. The van der Waals surface area contributed by atoms with Gasteiger partial charge in [0.2, 0.25) is 0 Å². The summed E-state index contributed by atoms with van der Waals surface area (Å²) in [7, 11) is 6.27. The minimum atomic E-state index is -0.326. The van der Waals surface area contributed by atoms with Gasteiger partial charge in [-0.25, -0.2) is 0 Å². The van der Waals surface area contributed by atoms with Crippen LogP contribution in [0.1, 0.15) is 11.1 Å². The fourth-order valence-corrected chi connectivity index (χ4v) is 3.88. The molecule has 30 heavy (non-hydrogen) atoms. The van der Waals surface area contributed by atoms with Crippen LogP contribution in [0.3, 0.4) is 0 Å². The number of benzene rings is 2. The van der Waals surface area contributed by atoms with Crippen LogP contribution in [0, 0.1) is 0 Å². The zero-order valence-corrected chi connectivity index (χ0v) is 18.5. The van der Waals surface area contributed by atoms with Crippen LogP contribution in [0.25, 0.3) is 6.08 Å². The Bertz CT molecular complexity index is 1040. The highest BCUT2D eigenvalue weighted by Gasteiger charge is 2.32. The van der Waals surface area contributed by atoms with Crippen molar-refractivity contribution >= 4 is 46.5 Å².